The Hall–Kier alpha value is -0.980. The van der Waals surface area contributed by atoms with Gasteiger partial charge in [-0.1, -0.05) is 18.5 Å². The summed E-state index contributed by atoms with van der Waals surface area (Å²) >= 11 is 5.87. The number of nitrogen functional groups attached to an aromatic ring is 1. The maximum absolute atomic E-state index is 12.2. The molecule has 3 N–H and O–H groups in total. The molecule has 106 valence electrons. The van der Waals surface area contributed by atoms with E-state index >= 15 is 0 Å². The Labute approximate surface area is 118 Å². The summed E-state index contributed by atoms with van der Waals surface area (Å²) in [4.78, 5) is 0. The largest absolute Gasteiger partial charge is 0.398 e. The van der Waals surface area contributed by atoms with E-state index in [9.17, 15) is 8.42 Å². The van der Waals surface area contributed by atoms with Gasteiger partial charge in [-0.15, -0.1) is 0 Å². The van der Waals surface area contributed by atoms with Crippen molar-refractivity contribution in [3.05, 3.63) is 23.2 Å². The molecule has 0 spiro atoms. The smallest absolute Gasteiger partial charge is 0.301 e. The van der Waals surface area contributed by atoms with Crippen LogP contribution >= 0.6 is 11.6 Å². The fourth-order valence-electron chi connectivity index (χ4n) is 2.03. The Morgan fingerprint density at radius 1 is 1.37 bits per heavy atom. The molecule has 0 amide bonds. The highest BCUT2D eigenvalue weighted by atomic mass is 35.5. The van der Waals surface area contributed by atoms with Crippen LogP contribution in [0.25, 0.3) is 0 Å². The first-order valence-electron chi connectivity index (χ1n) is 6.21. The summed E-state index contributed by atoms with van der Waals surface area (Å²) < 4.78 is 28.4. The molecule has 2 rings (SSSR count). The fourth-order valence-corrected chi connectivity index (χ4v) is 3.46. The minimum Gasteiger partial charge on any atom is -0.398 e. The van der Waals surface area contributed by atoms with Gasteiger partial charge >= 0.3 is 10.2 Å². The van der Waals surface area contributed by atoms with Crippen molar-refractivity contribution >= 4 is 33.2 Å². The molecule has 0 saturated carbocycles. The summed E-state index contributed by atoms with van der Waals surface area (Å²) in [6, 6.07) is 4.70. The number of rotatable bonds is 3. The summed E-state index contributed by atoms with van der Waals surface area (Å²) in [5.41, 5.74) is 6.45. The molecule has 7 heteroatoms. The second-order valence-electron chi connectivity index (χ2n) is 4.92. The number of hydrogen-bond donors (Lipinski definition) is 2. The molecule has 0 aromatic heterocycles. The fraction of sp³-hybridized carbons (Fsp3) is 0.500. The SMILES string of the molecule is CC1CCN(S(=O)(=O)Nc2ccc(N)c(Cl)c2)CC1. The zero-order chi connectivity index (χ0) is 14.0. The van der Waals surface area contributed by atoms with E-state index in [1.165, 1.54) is 10.4 Å². The molecule has 1 aromatic rings. The summed E-state index contributed by atoms with van der Waals surface area (Å²) in [5, 5.41) is 0.340. The molecule has 0 radical (unpaired) electrons. The molecule has 0 bridgehead atoms. The van der Waals surface area contributed by atoms with Gasteiger partial charge < -0.3 is 5.73 Å². The topological polar surface area (TPSA) is 75.4 Å². The van der Waals surface area contributed by atoms with Gasteiger partial charge in [-0.25, -0.2) is 0 Å². The van der Waals surface area contributed by atoms with Crippen LogP contribution in [0.3, 0.4) is 0 Å². The average Bonchev–Trinajstić information content (AvgIpc) is 2.34. The van der Waals surface area contributed by atoms with Crippen LogP contribution in [0.5, 0.6) is 0 Å². The highest BCUT2D eigenvalue weighted by Gasteiger charge is 2.26. The number of anilines is 2. The summed E-state index contributed by atoms with van der Waals surface area (Å²) in [7, 11) is -3.51. The van der Waals surface area contributed by atoms with Crippen LogP contribution in [-0.4, -0.2) is 25.8 Å². The Morgan fingerprint density at radius 3 is 2.58 bits per heavy atom. The van der Waals surface area contributed by atoms with E-state index in [-0.39, 0.29) is 0 Å². The molecule has 0 aliphatic carbocycles. The predicted molar refractivity (Wildman–Crippen MR) is 78.4 cm³/mol. The zero-order valence-electron chi connectivity index (χ0n) is 10.8. The van der Waals surface area contributed by atoms with Crippen molar-refractivity contribution in [3.63, 3.8) is 0 Å². The number of nitrogens with zero attached hydrogens (tertiary/aromatic N) is 1. The van der Waals surface area contributed by atoms with Crippen LogP contribution in [0.2, 0.25) is 5.02 Å². The Balaban J connectivity index is 2.10. The molecule has 1 aliphatic rings. The standard InChI is InChI=1S/C12H18ClN3O2S/c1-9-4-6-16(7-5-9)19(17,18)15-10-2-3-12(14)11(13)8-10/h2-3,8-9,15H,4-7,14H2,1H3. The number of piperidine rings is 1. The van der Waals surface area contributed by atoms with Gasteiger partial charge in [-0.2, -0.15) is 12.7 Å². The molecule has 1 fully saturated rings. The van der Waals surface area contributed by atoms with Gasteiger partial charge in [-0.3, -0.25) is 4.72 Å². The monoisotopic (exact) mass is 303 g/mol. The maximum Gasteiger partial charge on any atom is 0.301 e. The second-order valence-corrected chi connectivity index (χ2v) is 7.00. The molecule has 1 aliphatic heterocycles. The lowest BCUT2D eigenvalue weighted by Gasteiger charge is -2.29. The third-order valence-corrected chi connectivity index (χ3v) is 5.20. The predicted octanol–water partition coefficient (Wildman–Crippen LogP) is 2.31. The van der Waals surface area contributed by atoms with E-state index in [4.69, 9.17) is 17.3 Å². The lowest BCUT2D eigenvalue weighted by molar-refractivity contribution is 0.289. The molecule has 1 aromatic carbocycles. The van der Waals surface area contributed by atoms with E-state index in [0.29, 0.717) is 35.4 Å². The van der Waals surface area contributed by atoms with Gasteiger partial charge in [-0.05, 0) is 37.0 Å². The van der Waals surface area contributed by atoms with Crippen LogP contribution in [0.4, 0.5) is 11.4 Å². The summed E-state index contributed by atoms with van der Waals surface area (Å²) in [6.45, 7) is 3.25. The van der Waals surface area contributed by atoms with Crippen molar-refractivity contribution in [2.24, 2.45) is 5.92 Å². The van der Waals surface area contributed by atoms with Crippen LogP contribution in [0, 0.1) is 5.92 Å². The average molecular weight is 304 g/mol. The lowest BCUT2D eigenvalue weighted by atomic mass is 10.0. The van der Waals surface area contributed by atoms with Crippen LogP contribution in [0.1, 0.15) is 19.8 Å². The Kier molecular flexibility index (Phi) is 4.23. The Morgan fingerprint density at radius 2 is 2.00 bits per heavy atom. The van der Waals surface area contributed by atoms with Crippen LogP contribution in [-0.2, 0) is 10.2 Å². The highest BCUT2D eigenvalue weighted by molar-refractivity contribution is 7.90. The van der Waals surface area contributed by atoms with E-state index in [0.717, 1.165) is 12.8 Å². The van der Waals surface area contributed by atoms with Crippen molar-refractivity contribution in [2.75, 3.05) is 23.5 Å². The summed E-state index contributed by atoms with van der Waals surface area (Å²) in [6.07, 6.45) is 1.78. The molecule has 19 heavy (non-hydrogen) atoms. The molecular weight excluding hydrogens is 286 g/mol. The van der Waals surface area contributed by atoms with E-state index in [1.54, 1.807) is 12.1 Å². The van der Waals surface area contributed by atoms with Gasteiger partial charge in [0.1, 0.15) is 0 Å². The van der Waals surface area contributed by atoms with Crippen LogP contribution in [0.15, 0.2) is 18.2 Å². The molecule has 0 unspecified atom stereocenters. The maximum atomic E-state index is 12.2. The van der Waals surface area contributed by atoms with Gasteiger partial charge in [0.15, 0.2) is 0 Å². The number of benzene rings is 1. The lowest BCUT2D eigenvalue weighted by Crippen LogP contribution is -2.41. The molecule has 1 heterocycles. The number of nitrogens with one attached hydrogen (secondary N) is 1. The molecule has 1 saturated heterocycles. The first kappa shape index (κ1) is 14.4. The van der Waals surface area contributed by atoms with Crippen molar-refractivity contribution in [1.82, 2.24) is 4.31 Å². The Bertz CT molecular complexity index is 554. The highest BCUT2D eigenvalue weighted by Crippen LogP contribution is 2.25. The van der Waals surface area contributed by atoms with Gasteiger partial charge in [0.2, 0.25) is 0 Å². The second kappa shape index (κ2) is 5.56. The van der Waals surface area contributed by atoms with Gasteiger partial charge in [0.25, 0.3) is 0 Å². The minimum atomic E-state index is -3.51. The summed E-state index contributed by atoms with van der Waals surface area (Å²) in [5.74, 6) is 0.581. The van der Waals surface area contributed by atoms with Gasteiger partial charge in [0.05, 0.1) is 16.4 Å². The van der Waals surface area contributed by atoms with Crippen molar-refractivity contribution in [2.45, 2.75) is 19.8 Å². The van der Waals surface area contributed by atoms with Crippen molar-refractivity contribution in [3.8, 4) is 0 Å². The number of hydrogen-bond acceptors (Lipinski definition) is 3. The third kappa shape index (κ3) is 3.52. The molecular formula is C12H18ClN3O2S. The van der Waals surface area contributed by atoms with E-state index < -0.39 is 10.2 Å². The van der Waals surface area contributed by atoms with E-state index in [2.05, 4.69) is 11.6 Å². The third-order valence-electron chi connectivity index (χ3n) is 3.33. The molecule has 5 nitrogen and oxygen atoms in total. The first-order chi connectivity index (χ1) is 8.88. The minimum absolute atomic E-state index is 0.340. The van der Waals surface area contributed by atoms with Gasteiger partial charge in [0, 0.05) is 13.1 Å². The quantitative estimate of drug-likeness (QED) is 0.841. The van der Waals surface area contributed by atoms with Crippen LogP contribution < -0.4 is 10.5 Å². The van der Waals surface area contributed by atoms with Crippen molar-refractivity contribution in [1.29, 1.82) is 0 Å². The zero-order valence-corrected chi connectivity index (χ0v) is 12.3. The van der Waals surface area contributed by atoms with E-state index in [1.807, 2.05) is 0 Å². The van der Waals surface area contributed by atoms with Crippen molar-refractivity contribution < 1.29 is 8.42 Å². The number of nitrogens with two attached hydrogens (primary N) is 1. The first-order valence-corrected chi connectivity index (χ1v) is 8.03. The molecule has 0 atom stereocenters. The normalized spacial score (nSPS) is 18.4. The number of halogens is 1.